The summed E-state index contributed by atoms with van der Waals surface area (Å²) in [5.41, 5.74) is 0. The quantitative estimate of drug-likeness (QED) is 0.423. The second-order valence-corrected chi connectivity index (χ2v) is 6.91. The maximum atomic E-state index is 11.7. The summed E-state index contributed by atoms with van der Waals surface area (Å²) in [6.45, 7) is 8.48. The second kappa shape index (κ2) is 10.7. The van der Waals surface area contributed by atoms with Gasteiger partial charge in [-0.15, -0.1) is 0 Å². The van der Waals surface area contributed by atoms with E-state index < -0.39 is 0 Å². The zero-order valence-electron chi connectivity index (χ0n) is 16.8. The van der Waals surface area contributed by atoms with Gasteiger partial charge in [-0.05, 0) is 26.2 Å². The zero-order valence-corrected chi connectivity index (χ0v) is 16.8. The molecule has 0 spiro atoms. The van der Waals surface area contributed by atoms with Crippen molar-refractivity contribution in [2.24, 2.45) is 4.99 Å². The molecule has 0 saturated carbocycles. The van der Waals surface area contributed by atoms with Crippen molar-refractivity contribution in [2.75, 3.05) is 33.3 Å². The highest BCUT2D eigenvalue weighted by Crippen LogP contribution is 2.12. The first kappa shape index (κ1) is 21.0. The number of carbonyl (C=O) groups excluding carboxylic acids is 1. The van der Waals surface area contributed by atoms with Crippen molar-refractivity contribution in [3.8, 4) is 0 Å². The van der Waals surface area contributed by atoms with Crippen LogP contribution in [-0.4, -0.2) is 66.4 Å². The molecule has 1 fully saturated rings. The van der Waals surface area contributed by atoms with Gasteiger partial charge in [0.25, 0.3) is 0 Å². The number of piperidine rings is 1. The van der Waals surface area contributed by atoms with Crippen LogP contribution in [0.2, 0.25) is 0 Å². The molecule has 1 aliphatic heterocycles. The van der Waals surface area contributed by atoms with Gasteiger partial charge in [0.05, 0.1) is 6.61 Å². The summed E-state index contributed by atoms with van der Waals surface area (Å²) in [6.07, 6.45) is 3.14. The molecule has 27 heavy (non-hydrogen) atoms. The smallest absolute Gasteiger partial charge is 0.409 e. The molecule has 9 nitrogen and oxygen atoms in total. The summed E-state index contributed by atoms with van der Waals surface area (Å²) in [5.74, 6) is 2.48. The van der Waals surface area contributed by atoms with Crippen molar-refractivity contribution < 1.29 is 14.1 Å². The number of likely N-dealkylation sites (tertiary alicyclic amines) is 1. The summed E-state index contributed by atoms with van der Waals surface area (Å²) >= 11 is 0. The molecule has 0 aliphatic carbocycles. The molecule has 152 valence electrons. The third-order valence-corrected chi connectivity index (χ3v) is 4.45. The van der Waals surface area contributed by atoms with Gasteiger partial charge in [-0.3, -0.25) is 4.99 Å². The standard InChI is InChI=1S/C18H32N6O3/c1-5-26-18(25)24-11-8-14(9-12-24)21-17(19-4)20-10-6-7-15-22-16(13(2)3)23-27-15/h13-14H,5-12H2,1-4H3,(H2,19,20,21). The van der Waals surface area contributed by atoms with Crippen LogP contribution < -0.4 is 10.6 Å². The van der Waals surface area contributed by atoms with Gasteiger partial charge >= 0.3 is 6.09 Å². The van der Waals surface area contributed by atoms with E-state index in [1.807, 2.05) is 20.8 Å². The molecule has 0 unspecified atom stereocenters. The molecule has 0 atom stereocenters. The molecule has 1 saturated heterocycles. The van der Waals surface area contributed by atoms with Gasteiger partial charge in [0, 0.05) is 45.1 Å². The van der Waals surface area contributed by atoms with E-state index in [0.29, 0.717) is 31.6 Å². The number of nitrogens with one attached hydrogen (secondary N) is 2. The van der Waals surface area contributed by atoms with Gasteiger partial charge in [0.15, 0.2) is 11.8 Å². The van der Waals surface area contributed by atoms with E-state index in [4.69, 9.17) is 9.26 Å². The van der Waals surface area contributed by atoms with Crippen LogP contribution in [0.4, 0.5) is 4.79 Å². The number of aryl methyl sites for hydroxylation is 1. The highest BCUT2D eigenvalue weighted by molar-refractivity contribution is 5.80. The number of amides is 1. The van der Waals surface area contributed by atoms with Gasteiger partial charge in [-0.2, -0.15) is 4.98 Å². The van der Waals surface area contributed by atoms with Gasteiger partial charge in [-0.25, -0.2) is 4.79 Å². The number of guanidine groups is 1. The van der Waals surface area contributed by atoms with E-state index in [0.717, 1.165) is 44.0 Å². The molecule has 0 radical (unpaired) electrons. The molecular formula is C18H32N6O3. The fourth-order valence-electron chi connectivity index (χ4n) is 2.86. The topological polar surface area (TPSA) is 105 Å². The Bertz CT molecular complexity index is 608. The van der Waals surface area contributed by atoms with Crippen LogP contribution in [0.1, 0.15) is 57.7 Å². The number of rotatable bonds is 7. The number of hydrogen-bond acceptors (Lipinski definition) is 6. The van der Waals surface area contributed by atoms with Crippen molar-refractivity contribution in [1.29, 1.82) is 0 Å². The molecule has 1 aliphatic rings. The van der Waals surface area contributed by atoms with Crippen molar-refractivity contribution >= 4 is 12.1 Å². The molecule has 0 aromatic carbocycles. The number of aliphatic imine (C=N–C) groups is 1. The Morgan fingerprint density at radius 1 is 1.41 bits per heavy atom. The third-order valence-electron chi connectivity index (χ3n) is 4.45. The van der Waals surface area contributed by atoms with E-state index in [1.54, 1.807) is 11.9 Å². The molecule has 9 heteroatoms. The van der Waals surface area contributed by atoms with Crippen LogP contribution in [0.25, 0.3) is 0 Å². The lowest BCUT2D eigenvalue weighted by Gasteiger charge is -2.32. The molecule has 2 rings (SSSR count). The molecule has 1 aromatic heterocycles. The average molecular weight is 380 g/mol. The fraction of sp³-hybridized carbons (Fsp3) is 0.778. The Morgan fingerprint density at radius 3 is 2.74 bits per heavy atom. The lowest BCUT2D eigenvalue weighted by atomic mass is 10.1. The Kier molecular flexibility index (Phi) is 8.35. The largest absolute Gasteiger partial charge is 0.450 e. The first-order valence-corrected chi connectivity index (χ1v) is 9.74. The number of nitrogens with zero attached hydrogens (tertiary/aromatic N) is 4. The molecule has 1 aromatic rings. The SMILES string of the molecule is CCOC(=O)N1CCC(NC(=NC)NCCCc2nc(C(C)C)no2)CC1. The van der Waals surface area contributed by atoms with E-state index in [1.165, 1.54) is 0 Å². The maximum Gasteiger partial charge on any atom is 0.409 e. The Hall–Kier alpha value is -2.32. The Balaban J connectivity index is 1.65. The molecule has 1 amide bonds. The van der Waals surface area contributed by atoms with Crippen molar-refractivity contribution in [3.05, 3.63) is 11.7 Å². The normalized spacial score (nSPS) is 15.9. The summed E-state index contributed by atoms with van der Waals surface area (Å²) in [7, 11) is 1.76. The number of aromatic nitrogens is 2. The second-order valence-electron chi connectivity index (χ2n) is 6.91. The van der Waals surface area contributed by atoms with Gasteiger partial charge in [0.1, 0.15) is 0 Å². The van der Waals surface area contributed by atoms with Gasteiger partial charge in [0.2, 0.25) is 5.89 Å². The van der Waals surface area contributed by atoms with E-state index in [2.05, 4.69) is 25.8 Å². The molecule has 2 N–H and O–H groups in total. The minimum absolute atomic E-state index is 0.222. The summed E-state index contributed by atoms with van der Waals surface area (Å²) in [6, 6.07) is 0.298. The van der Waals surface area contributed by atoms with Crippen LogP contribution in [0.15, 0.2) is 9.52 Å². The number of hydrogen-bond donors (Lipinski definition) is 2. The van der Waals surface area contributed by atoms with Gasteiger partial charge < -0.3 is 24.8 Å². The minimum atomic E-state index is -0.222. The number of carbonyl (C=O) groups is 1. The maximum absolute atomic E-state index is 11.7. The monoisotopic (exact) mass is 380 g/mol. The number of ether oxygens (including phenoxy) is 1. The first-order chi connectivity index (χ1) is 13.0. The Morgan fingerprint density at radius 2 is 2.15 bits per heavy atom. The zero-order chi connectivity index (χ0) is 19.6. The minimum Gasteiger partial charge on any atom is -0.450 e. The lowest BCUT2D eigenvalue weighted by molar-refractivity contribution is 0.0963. The predicted octanol–water partition coefficient (Wildman–Crippen LogP) is 1.91. The van der Waals surface area contributed by atoms with Crippen LogP contribution in [0.3, 0.4) is 0 Å². The summed E-state index contributed by atoms with van der Waals surface area (Å²) in [4.78, 5) is 22.2. The summed E-state index contributed by atoms with van der Waals surface area (Å²) in [5, 5.41) is 10.7. The van der Waals surface area contributed by atoms with Crippen LogP contribution in [-0.2, 0) is 11.2 Å². The fourth-order valence-corrected chi connectivity index (χ4v) is 2.86. The first-order valence-electron chi connectivity index (χ1n) is 9.74. The van der Waals surface area contributed by atoms with Crippen molar-refractivity contribution in [3.63, 3.8) is 0 Å². The average Bonchev–Trinajstić information content (AvgIpc) is 3.14. The summed E-state index contributed by atoms with van der Waals surface area (Å²) < 4.78 is 10.3. The van der Waals surface area contributed by atoms with Crippen molar-refractivity contribution in [1.82, 2.24) is 25.7 Å². The van der Waals surface area contributed by atoms with Crippen molar-refractivity contribution in [2.45, 2.75) is 58.4 Å². The third kappa shape index (κ3) is 6.73. The lowest BCUT2D eigenvalue weighted by Crippen LogP contribution is -2.50. The van der Waals surface area contributed by atoms with Crippen LogP contribution >= 0.6 is 0 Å². The Labute approximate surface area is 160 Å². The molecule has 2 heterocycles. The van der Waals surface area contributed by atoms with E-state index >= 15 is 0 Å². The molecular weight excluding hydrogens is 348 g/mol. The van der Waals surface area contributed by atoms with Crippen LogP contribution in [0.5, 0.6) is 0 Å². The van der Waals surface area contributed by atoms with E-state index in [-0.39, 0.29) is 12.0 Å². The van der Waals surface area contributed by atoms with E-state index in [9.17, 15) is 4.79 Å². The van der Waals surface area contributed by atoms with Gasteiger partial charge in [-0.1, -0.05) is 19.0 Å². The highest BCUT2D eigenvalue weighted by atomic mass is 16.6. The van der Waals surface area contributed by atoms with Crippen LogP contribution in [0, 0.1) is 0 Å². The predicted molar refractivity (Wildman–Crippen MR) is 103 cm³/mol. The molecule has 0 bridgehead atoms. The highest BCUT2D eigenvalue weighted by Gasteiger charge is 2.24.